The van der Waals surface area contributed by atoms with Gasteiger partial charge in [-0.05, 0) is 30.6 Å². The smallest absolute Gasteiger partial charge is 0.232 e. The van der Waals surface area contributed by atoms with Crippen molar-refractivity contribution in [2.75, 3.05) is 12.3 Å². The van der Waals surface area contributed by atoms with Gasteiger partial charge in [-0.1, -0.05) is 12.1 Å². The summed E-state index contributed by atoms with van der Waals surface area (Å²) in [6.45, 7) is 2.58. The molecule has 0 aliphatic rings. The molecule has 0 unspecified atom stereocenters. The normalized spacial score (nSPS) is 10.2. The Morgan fingerprint density at radius 1 is 1.40 bits per heavy atom. The number of anilines is 1. The summed E-state index contributed by atoms with van der Waals surface area (Å²) in [6, 6.07) is 7.73. The van der Waals surface area contributed by atoms with E-state index >= 15 is 0 Å². The SMILES string of the molecule is CCOc1ccccc1-c1nc(N)ns1. The summed E-state index contributed by atoms with van der Waals surface area (Å²) >= 11 is 1.28. The molecule has 0 saturated heterocycles. The summed E-state index contributed by atoms with van der Waals surface area (Å²) in [7, 11) is 0. The lowest BCUT2D eigenvalue weighted by atomic mass is 10.2. The fraction of sp³-hybridized carbons (Fsp3) is 0.200. The maximum absolute atomic E-state index is 5.50. The number of nitrogens with two attached hydrogens (primary N) is 1. The highest BCUT2D eigenvalue weighted by Crippen LogP contribution is 2.31. The quantitative estimate of drug-likeness (QED) is 0.863. The van der Waals surface area contributed by atoms with Crippen molar-refractivity contribution in [1.29, 1.82) is 0 Å². The van der Waals surface area contributed by atoms with Gasteiger partial charge in [0, 0.05) is 0 Å². The number of hydrogen-bond acceptors (Lipinski definition) is 5. The first kappa shape index (κ1) is 9.92. The number of nitrogens with zero attached hydrogens (tertiary/aromatic N) is 2. The van der Waals surface area contributed by atoms with Crippen molar-refractivity contribution >= 4 is 17.5 Å². The third-order valence-electron chi connectivity index (χ3n) is 1.86. The number of nitrogen functional groups attached to an aromatic ring is 1. The van der Waals surface area contributed by atoms with Crippen molar-refractivity contribution in [1.82, 2.24) is 9.36 Å². The van der Waals surface area contributed by atoms with Crippen molar-refractivity contribution < 1.29 is 4.74 Å². The molecule has 1 heterocycles. The van der Waals surface area contributed by atoms with E-state index in [4.69, 9.17) is 10.5 Å². The van der Waals surface area contributed by atoms with Gasteiger partial charge in [0.05, 0.1) is 12.2 Å². The molecule has 0 aliphatic carbocycles. The third-order valence-corrected chi connectivity index (χ3v) is 2.62. The van der Waals surface area contributed by atoms with Crippen molar-refractivity contribution in [3.05, 3.63) is 24.3 Å². The molecule has 0 spiro atoms. The van der Waals surface area contributed by atoms with Crippen molar-refractivity contribution in [2.24, 2.45) is 0 Å². The molecule has 0 bridgehead atoms. The maximum Gasteiger partial charge on any atom is 0.232 e. The van der Waals surface area contributed by atoms with E-state index in [1.54, 1.807) is 0 Å². The van der Waals surface area contributed by atoms with E-state index in [1.165, 1.54) is 11.5 Å². The molecule has 78 valence electrons. The molecular formula is C10H11N3OS. The first-order valence-electron chi connectivity index (χ1n) is 4.62. The number of aromatic nitrogens is 2. The van der Waals surface area contributed by atoms with Crippen molar-refractivity contribution in [2.45, 2.75) is 6.92 Å². The first-order chi connectivity index (χ1) is 7.31. The number of ether oxygens (including phenoxy) is 1. The largest absolute Gasteiger partial charge is 0.493 e. The van der Waals surface area contributed by atoms with Crippen LogP contribution in [0.5, 0.6) is 5.75 Å². The van der Waals surface area contributed by atoms with Crippen LogP contribution in [0.3, 0.4) is 0 Å². The molecule has 2 rings (SSSR count). The van der Waals surface area contributed by atoms with Gasteiger partial charge in [0.2, 0.25) is 5.95 Å². The highest BCUT2D eigenvalue weighted by atomic mass is 32.1. The second-order valence-corrected chi connectivity index (χ2v) is 3.64. The molecule has 0 saturated carbocycles. The third kappa shape index (κ3) is 2.07. The molecule has 15 heavy (non-hydrogen) atoms. The van der Waals surface area contributed by atoms with Crippen LogP contribution < -0.4 is 10.5 Å². The van der Waals surface area contributed by atoms with E-state index in [1.807, 2.05) is 31.2 Å². The second-order valence-electron chi connectivity index (χ2n) is 2.89. The van der Waals surface area contributed by atoms with E-state index < -0.39 is 0 Å². The van der Waals surface area contributed by atoms with Crippen LogP contribution >= 0.6 is 11.5 Å². The van der Waals surface area contributed by atoms with Gasteiger partial charge in [0.15, 0.2) is 0 Å². The Kier molecular flexibility index (Phi) is 2.82. The van der Waals surface area contributed by atoms with E-state index in [2.05, 4.69) is 9.36 Å². The van der Waals surface area contributed by atoms with E-state index in [0.29, 0.717) is 12.6 Å². The van der Waals surface area contributed by atoms with Gasteiger partial charge in [0.25, 0.3) is 0 Å². The summed E-state index contributed by atoms with van der Waals surface area (Å²) in [5, 5.41) is 0.788. The van der Waals surface area contributed by atoms with Crippen LogP contribution in [0.2, 0.25) is 0 Å². The lowest BCUT2D eigenvalue weighted by molar-refractivity contribution is 0.341. The molecule has 1 aromatic heterocycles. The lowest BCUT2D eigenvalue weighted by Crippen LogP contribution is -1.93. The molecule has 4 nitrogen and oxygen atoms in total. The van der Waals surface area contributed by atoms with Crippen molar-refractivity contribution in [3.8, 4) is 16.3 Å². The fourth-order valence-corrected chi connectivity index (χ4v) is 1.89. The molecule has 1 aromatic carbocycles. The highest BCUT2D eigenvalue weighted by molar-refractivity contribution is 7.09. The predicted molar refractivity (Wildman–Crippen MR) is 60.9 cm³/mol. The second kappa shape index (κ2) is 4.27. The van der Waals surface area contributed by atoms with Gasteiger partial charge in [-0.2, -0.15) is 9.36 Å². The van der Waals surface area contributed by atoms with Crippen molar-refractivity contribution in [3.63, 3.8) is 0 Å². The van der Waals surface area contributed by atoms with E-state index in [-0.39, 0.29) is 0 Å². The summed E-state index contributed by atoms with van der Waals surface area (Å²) in [6.07, 6.45) is 0. The van der Waals surface area contributed by atoms with Gasteiger partial charge in [-0.15, -0.1) is 0 Å². The highest BCUT2D eigenvalue weighted by Gasteiger charge is 2.09. The molecular weight excluding hydrogens is 210 g/mol. The van der Waals surface area contributed by atoms with Crippen LogP contribution in [-0.4, -0.2) is 16.0 Å². The number of hydrogen-bond donors (Lipinski definition) is 1. The number of para-hydroxylation sites is 1. The summed E-state index contributed by atoms with van der Waals surface area (Å²) in [5.74, 6) is 1.12. The van der Waals surface area contributed by atoms with Gasteiger partial charge in [-0.25, -0.2) is 0 Å². The van der Waals surface area contributed by atoms with Crippen LogP contribution in [0.15, 0.2) is 24.3 Å². The zero-order valence-electron chi connectivity index (χ0n) is 8.30. The van der Waals surface area contributed by atoms with Crippen LogP contribution in [0, 0.1) is 0 Å². The summed E-state index contributed by atoms with van der Waals surface area (Å²) in [4.78, 5) is 4.13. The number of rotatable bonds is 3. The molecule has 0 aliphatic heterocycles. The Hall–Kier alpha value is -1.62. The van der Waals surface area contributed by atoms with E-state index in [0.717, 1.165) is 16.3 Å². The molecule has 0 radical (unpaired) electrons. The minimum Gasteiger partial charge on any atom is -0.493 e. The van der Waals surface area contributed by atoms with Crippen LogP contribution in [0.4, 0.5) is 5.95 Å². The van der Waals surface area contributed by atoms with Gasteiger partial charge in [0.1, 0.15) is 10.8 Å². The monoisotopic (exact) mass is 221 g/mol. The molecule has 2 aromatic rings. The molecule has 2 N–H and O–H groups in total. The predicted octanol–water partition coefficient (Wildman–Crippen LogP) is 2.19. The van der Waals surface area contributed by atoms with Gasteiger partial charge >= 0.3 is 0 Å². The molecule has 0 fully saturated rings. The van der Waals surface area contributed by atoms with Crippen LogP contribution in [0.1, 0.15) is 6.92 Å². The Balaban J connectivity index is 2.42. The van der Waals surface area contributed by atoms with Gasteiger partial charge < -0.3 is 10.5 Å². The topological polar surface area (TPSA) is 61.0 Å². The Morgan fingerprint density at radius 2 is 2.20 bits per heavy atom. The molecule has 5 heteroatoms. The zero-order chi connectivity index (χ0) is 10.7. The maximum atomic E-state index is 5.50. The Labute approximate surface area is 91.9 Å². The first-order valence-corrected chi connectivity index (χ1v) is 5.40. The minimum absolute atomic E-state index is 0.307. The standard InChI is InChI=1S/C10H11N3OS/c1-2-14-8-6-4-3-5-7(8)9-12-10(11)13-15-9/h3-6H,2H2,1H3,(H2,11,13). The molecule has 0 amide bonds. The molecule has 0 atom stereocenters. The zero-order valence-corrected chi connectivity index (χ0v) is 9.12. The summed E-state index contributed by atoms with van der Waals surface area (Å²) < 4.78 is 9.45. The van der Waals surface area contributed by atoms with Crippen LogP contribution in [0.25, 0.3) is 10.6 Å². The lowest BCUT2D eigenvalue weighted by Gasteiger charge is -2.06. The summed E-state index contributed by atoms with van der Waals surface area (Å²) in [5.41, 5.74) is 6.43. The average molecular weight is 221 g/mol. The average Bonchev–Trinajstić information content (AvgIpc) is 2.66. The van der Waals surface area contributed by atoms with Gasteiger partial charge in [-0.3, -0.25) is 0 Å². The van der Waals surface area contributed by atoms with Crippen LogP contribution in [-0.2, 0) is 0 Å². The van der Waals surface area contributed by atoms with E-state index in [9.17, 15) is 0 Å². The Bertz CT molecular complexity index is 455. The number of benzene rings is 1. The minimum atomic E-state index is 0.307. The fourth-order valence-electron chi connectivity index (χ4n) is 1.27. The Morgan fingerprint density at radius 3 is 2.87 bits per heavy atom.